The van der Waals surface area contributed by atoms with Gasteiger partial charge in [0.15, 0.2) is 11.6 Å². The molecular weight excluding hydrogens is 1080 g/mol. The number of nitrogens with zero attached hydrogens (tertiary/aromatic N) is 4. The summed E-state index contributed by atoms with van der Waals surface area (Å²) in [4.78, 5) is 100. The summed E-state index contributed by atoms with van der Waals surface area (Å²) in [5, 5.41) is 37.0. The Morgan fingerprint density at radius 2 is 0.848 bits per heavy atom. The molecule has 6 aromatic carbocycles. The summed E-state index contributed by atoms with van der Waals surface area (Å²) < 4.78 is 13.0. The monoisotopic (exact) mass is 1130 g/mol. The summed E-state index contributed by atoms with van der Waals surface area (Å²) in [5.41, 5.74) is 2.81. The summed E-state index contributed by atoms with van der Waals surface area (Å²) in [7, 11) is 2.73. The number of Topliss-reactive ketones (excluding diaryl/α,β-unsaturated/α-hetero) is 2. The van der Waals surface area contributed by atoms with Crippen molar-refractivity contribution in [1.29, 1.82) is 0 Å². The minimum Gasteiger partial charge on any atom is -0.545 e. The first-order valence-corrected chi connectivity index (χ1v) is 24.4. The van der Waals surface area contributed by atoms with Crippen molar-refractivity contribution in [2.24, 2.45) is 0 Å². The van der Waals surface area contributed by atoms with E-state index >= 15 is 0 Å². The molecule has 0 aliphatic carbocycles. The van der Waals surface area contributed by atoms with Crippen molar-refractivity contribution in [2.75, 3.05) is 24.9 Å². The second-order valence-corrected chi connectivity index (χ2v) is 18.2. The first kappa shape index (κ1) is 60.0. The molecule has 79 heavy (non-hydrogen) atoms. The number of benzene rings is 6. The molecule has 2 atom stereocenters. The maximum Gasteiger partial charge on any atom is 2.00 e. The van der Waals surface area contributed by atoms with Gasteiger partial charge in [-0.25, -0.2) is 9.36 Å². The van der Waals surface area contributed by atoms with Crippen LogP contribution in [-0.2, 0) is 22.4 Å². The number of anilines is 2. The number of halogens is 2. The Balaban J connectivity index is 0.000000252. The molecule has 0 aliphatic rings. The van der Waals surface area contributed by atoms with Crippen LogP contribution in [0.25, 0.3) is 22.3 Å². The van der Waals surface area contributed by atoms with E-state index < -0.39 is 47.0 Å². The van der Waals surface area contributed by atoms with E-state index in [0.717, 1.165) is 20.5 Å². The third-order valence-corrected chi connectivity index (χ3v) is 12.5. The van der Waals surface area contributed by atoms with Crippen LogP contribution in [0.1, 0.15) is 78.5 Å². The standard InChI is InChI=1S/2C29H24ClN3O6.Ca/c2*1-17(34)22-13-10-20(30)15-23(22)24-16-26(35)33(32-28(24)39-2)25(14-18-6-4-3-5-7-18)27(36)31-21-11-8-19(9-12-21)29(37)38;/h2*3-13,15-16,25H,14H2,1-2H3,(H,31,36)(H,37,38);/q;;+2/p-2/t2*25-;/m00./s1. The van der Waals surface area contributed by atoms with Gasteiger partial charge in [-0.15, -0.1) is 10.2 Å². The number of carbonyl (C=O) groups is 6. The molecular formula is C58H46CaCl2N6O12. The second-order valence-electron chi connectivity index (χ2n) is 17.3. The molecule has 8 aromatic rings. The number of ether oxygens (including phenoxy) is 2. The van der Waals surface area contributed by atoms with Crippen molar-refractivity contribution in [3.05, 3.63) is 222 Å². The van der Waals surface area contributed by atoms with Gasteiger partial charge in [0.1, 0.15) is 12.1 Å². The van der Waals surface area contributed by atoms with Crippen LogP contribution >= 0.6 is 23.2 Å². The first-order chi connectivity index (χ1) is 37.3. The molecule has 0 radical (unpaired) electrons. The zero-order valence-corrected chi connectivity index (χ0v) is 46.5. The molecule has 21 heteroatoms. The van der Waals surface area contributed by atoms with Crippen molar-refractivity contribution in [2.45, 2.75) is 38.8 Å². The van der Waals surface area contributed by atoms with Crippen molar-refractivity contribution in [1.82, 2.24) is 19.6 Å². The van der Waals surface area contributed by atoms with E-state index in [0.29, 0.717) is 43.7 Å². The maximum absolute atomic E-state index is 13.5. The predicted octanol–water partition coefficient (Wildman–Crippen LogP) is 6.74. The smallest absolute Gasteiger partial charge is 0.545 e. The molecule has 2 N–H and O–H groups in total. The molecule has 0 saturated carbocycles. The molecule has 2 heterocycles. The minimum absolute atomic E-state index is 0. The Morgan fingerprint density at radius 1 is 0.506 bits per heavy atom. The van der Waals surface area contributed by atoms with Crippen LogP contribution in [0.3, 0.4) is 0 Å². The Hall–Kier alpha value is -8.26. The average Bonchev–Trinajstić information content (AvgIpc) is 3.43. The van der Waals surface area contributed by atoms with Crippen LogP contribution in [0.2, 0.25) is 10.0 Å². The van der Waals surface area contributed by atoms with Crippen LogP contribution in [0.15, 0.2) is 167 Å². The fourth-order valence-electron chi connectivity index (χ4n) is 8.22. The molecule has 396 valence electrons. The van der Waals surface area contributed by atoms with Gasteiger partial charge in [0, 0.05) is 57.5 Å². The minimum atomic E-state index is -1.34. The largest absolute Gasteiger partial charge is 2.00 e. The Morgan fingerprint density at radius 3 is 1.15 bits per heavy atom. The van der Waals surface area contributed by atoms with Gasteiger partial charge < -0.3 is 39.9 Å². The molecule has 0 bridgehead atoms. The van der Waals surface area contributed by atoms with Crippen LogP contribution < -0.4 is 41.4 Å². The van der Waals surface area contributed by atoms with Gasteiger partial charge in [-0.05, 0) is 108 Å². The number of aromatic nitrogens is 4. The third-order valence-electron chi connectivity index (χ3n) is 12.0. The second kappa shape index (κ2) is 27.4. The van der Waals surface area contributed by atoms with Crippen molar-refractivity contribution < 1.29 is 48.5 Å². The van der Waals surface area contributed by atoms with Gasteiger partial charge >= 0.3 is 37.7 Å². The topological polar surface area (TPSA) is 261 Å². The fourth-order valence-corrected chi connectivity index (χ4v) is 8.56. The van der Waals surface area contributed by atoms with E-state index in [-0.39, 0.29) is 96.2 Å². The number of nitrogens with one attached hydrogen (secondary N) is 2. The number of methoxy groups -OCH3 is 2. The third kappa shape index (κ3) is 15.1. The number of amides is 2. The molecule has 0 aliphatic heterocycles. The molecule has 2 aromatic heterocycles. The number of hydrogen-bond donors (Lipinski definition) is 2. The number of rotatable bonds is 18. The zero-order valence-electron chi connectivity index (χ0n) is 42.7. The molecule has 0 saturated heterocycles. The van der Waals surface area contributed by atoms with Gasteiger partial charge in [-0.3, -0.25) is 28.8 Å². The Bertz CT molecular complexity index is 3450. The number of hydrogen-bond acceptors (Lipinski definition) is 14. The van der Waals surface area contributed by atoms with Gasteiger partial charge in [-0.2, -0.15) is 0 Å². The summed E-state index contributed by atoms with van der Waals surface area (Å²) in [6.45, 7) is 2.79. The Kier molecular flexibility index (Phi) is 20.8. The number of carbonyl (C=O) groups excluding carboxylic acids is 6. The normalized spacial score (nSPS) is 11.3. The average molecular weight is 1130 g/mol. The summed E-state index contributed by atoms with van der Waals surface area (Å²) in [5.74, 6) is -4.24. The van der Waals surface area contributed by atoms with E-state index in [1.807, 2.05) is 60.7 Å². The molecule has 8 rings (SSSR count). The van der Waals surface area contributed by atoms with Gasteiger partial charge in [0.2, 0.25) is 23.6 Å². The van der Waals surface area contributed by atoms with Crippen LogP contribution in [0.5, 0.6) is 11.8 Å². The van der Waals surface area contributed by atoms with Crippen molar-refractivity contribution in [3.8, 4) is 34.0 Å². The number of carboxylic acid groups (broad SMARTS) is 2. The molecule has 18 nitrogen and oxygen atoms in total. The predicted molar refractivity (Wildman–Crippen MR) is 294 cm³/mol. The van der Waals surface area contributed by atoms with E-state index in [4.69, 9.17) is 32.7 Å². The summed E-state index contributed by atoms with van der Waals surface area (Å²) in [6, 6.07) is 38.7. The SMILES string of the molecule is COc1nn([C@@H](Cc2ccccc2)C(=O)Nc2ccc(C(=O)[O-])cc2)c(=O)cc1-c1cc(Cl)ccc1C(C)=O.COc1nn([C@@H](Cc2ccccc2)C(=O)Nc2ccc(C(=O)[O-])cc2)c(=O)cc1-c1cc(Cl)ccc1C(C)=O.[Ca+2]. The van der Waals surface area contributed by atoms with E-state index in [9.17, 15) is 48.6 Å². The van der Waals surface area contributed by atoms with E-state index in [1.54, 1.807) is 36.4 Å². The first-order valence-electron chi connectivity index (χ1n) is 23.7. The molecule has 0 spiro atoms. The maximum atomic E-state index is 13.5. The summed E-state index contributed by atoms with van der Waals surface area (Å²) in [6.07, 6.45) is 0.240. The fraction of sp³-hybridized carbons (Fsp3) is 0.138. The number of ketones is 2. The van der Waals surface area contributed by atoms with Gasteiger partial charge in [0.05, 0.1) is 37.3 Å². The quantitative estimate of drug-likeness (QED) is 0.0666. The molecule has 0 fully saturated rings. The number of carboxylic acids is 2. The zero-order chi connectivity index (χ0) is 56.2. The van der Waals surface area contributed by atoms with Crippen molar-refractivity contribution >= 4 is 108 Å². The van der Waals surface area contributed by atoms with E-state index in [1.165, 1.54) is 88.7 Å². The van der Waals surface area contributed by atoms with E-state index in [2.05, 4.69) is 20.8 Å². The van der Waals surface area contributed by atoms with Crippen LogP contribution in [0.4, 0.5) is 11.4 Å². The number of aromatic carboxylic acids is 2. The molecule has 2 amide bonds. The molecule has 0 unspecified atom stereocenters. The van der Waals surface area contributed by atoms with Crippen molar-refractivity contribution in [3.63, 3.8) is 0 Å². The van der Waals surface area contributed by atoms with Crippen LogP contribution in [0, 0.1) is 0 Å². The van der Waals surface area contributed by atoms with Gasteiger partial charge in [0.25, 0.3) is 11.1 Å². The Labute approximate surface area is 491 Å². The van der Waals surface area contributed by atoms with Gasteiger partial charge in [-0.1, -0.05) is 108 Å². The summed E-state index contributed by atoms with van der Waals surface area (Å²) >= 11 is 12.4. The van der Waals surface area contributed by atoms with Crippen LogP contribution in [-0.4, -0.2) is 107 Å².